The van der Waals surface area contributed by atoms with E-state index in [1.54, 1.807) is 0 Å². The molecule has 2 unspecified atom stereocenters. The molecular weight excluding hydrogens is 434 g/mol. The molecule has 0 amide bonds. The second-order valence-corrected chi connectivity index (χ2v) is 9.82. The van der Waals surface area contributed by atoms with Crippen LogP contribution in [0.25, 0.3) is 0 Å². The summed E-state index contributed by atoms with van der Waals surface area (Å²) in [4.78, 5) is 13.8. The topological polar surface area (TPSA) is 48.0 Å². The summed E-state index contributed by atoms with van der Waals surface area (Å²) in [5.74, 6) is 0.838. The molecule has 1 aromatic rings. The summed E-state index contributed by atoms with van der Waals surface area (Å²) in [6, 6.07) is 6.57. The number of esters is 1. The lowest BCUT2D eigenvalue weighted by molar-refractivity contribution is -0.145. The Morgan fingerprint density at radius 2 is 1.93 bits per heavy atom. The maximum Gasteiger partial charge on any atom is 0.302 e. The molecule has 0 radical (unpaired) electrons. The first-order chi connectivity index (χ1) is 13.6. The normalized spacial score (nSPS) is 23.1. The van der Waals surface area contributed by atoms with Gasteiger partial charge in [0.2, 0.25) is 0 Å². The highest BCUT2D eigenvalue weighted by Crippen LogP contribution is 2.42. The molecule has 0 bridgehead atoms. The molecule has 2 atom stereocenters. The Balaban J connectivity index is 1.95. The molecule has 0 aromatic heterocycles. The Morgan fingerprint density at radius 1 is 1.24 bits per heavy atom. The van der Waals surface area contributed by atoms with Gasteiger partial charge in [-0.2, -0.15) is 0 Å². The molecule has 0 aliphatic carbocycles. The third-order valence-corrected chi connectivity index (χ3v) is 5.90. The van der Waals surface area contributed by atoms with Crippen LogP contribution in [0.1, 0.15) is 70.0 Å². The highest BCUT2D eigenvalue weighted by molar-refractivity contribution is 9.10. The number of rotatable bonds is 5. The Bertz CT molecular complexity index is 752. The third-order valence-electron chi connectivity index (χ3n) is 5.41. The minimum atomic E-state index is -0.345. The minimum Gasteiger partial charge on any atom is -0.474 e. The molecule has 5 nitrogen and oxygen atoms in total. The quantitative estimate of drug-likeness (QED) is 0.435. The first-order valence-electron chi connectivity index (χ1n) is 10.3. The van der Waals surface area contributed by atoms with E-state index in [-0.39, 0.29) is 23.7 Å². The van der Waals surface area contributed by atoms with Gasteiger partial charge in [-0.15, -0.1) is 0 Å². The molecule has 1 aromatic carbocycles. The largest absolute Gasteiger partial charge is 0.474 e. The van der Waals surface area contributed by atoms with Crippen LogP contribution in [-0.4, -0.2) is 42.3 Å². The molecule has 0 saturated carbocycles. The second-order valence-electron chi connectivity index (χ2n) is 8.90. The molecule has 3 rings (SSSR count). The third kappa shape index (κ3) is 5.76. The summed E-state index contributed by atoms with van der Waals surface area (Å²) >= 11 is 3.65. The maximum absolute atomic E-state index is 11.6. The molecule has 2 aliphatic rings. The maximum atomic E-state index is 11.6. The van der Waals surface area contributed by atoms with Crippen LogP contribution in [0.4, 0.5) is 0 Å². The molecule has 0 spiro atoms. The number of hydrogen-bond donors (Lipinski definition) is 0. The number of benzene rings is 1. The molecule has 2 saturated heterocycles. The zero-order valence-corrected chi connectivity index (χ0v) is 19.5. The zero-order valence-electron chi connectivity index (χ0n) is 17.9. The van der Waals surface area contributed by atoms with Gasteiger partial charge in [0.25, 0.3) is 0 Å². The fourth-order valence-electron chi connectivity index (χ4n) is 4.31. The number of nitrogens with zero attached hydrogens (tertiary/aromatic N) is 1. The molecular formula is C23H32BrNO4. The van der Waals surface area contributed by atoms with Crippen molar-refractivity contribution in [1.29, 1.82) is 0 Å². The lowest BCUT2D eigenvalue weighted by Crippen LogP contribution is -2.31. The van der Waals surface area contributed by atoms with Gasteiger partial charge in [0.05, 0.1) is 12.6 Å². The number of likely N-dealkylation sites (tertiary alicyclic amines) is 1. The highest BCUT2D eigenvalue weighted by atomic mass is 79.9. The van der Waals surface area contributed by atoms with Crippen LogP contribution in [0.5, 0.6) is 0 Å². The summed E-state index contributed by atoms with van der Waals surface area (Å²) in [6.07, 6.45) is 2.58. The van der Waals surface area contributed by atoms with Gasteiger partial charge in [-0.1, -0.05) is 22.0 Å². The second kappa shape index (κ2) is 9.09. The van der Waals surface area contributed by atoms with Crippen LogP contribution in [0, 0.1) is 0 Å². The Morgan fingerprint density at radius 3 is 2.55 bits per heavy atom. The van der Waals surface area contributed by atoms with Gasteiger partial charge in [-0.3, -0.25) is 4.79 Å². The minimum absolute atomic E-state index is 0.0459. The van der Waals surface area contributed by atoms with Gasteiger partial charge >= 0.3 is 5.97 Å². The Labute approximate surface area is 182 Å². The average molecular weight is 466 g/mol. The number of carbonyl (C=O) groups is 1. The van der Waals surface area contributed by atoms with Crippen LogP contribution in [0.2, 0.25) is 0 Å². The standard InChI is InChI=1S/C23H32BrNO4/c1-15(29-23(3,4)5)25-14-19(28-16(2)26)13-22(25)21-12-18(24)6-7-20(21)17-8-10-27-11-9-17/h6-7,12,17,19,22H,1,8-11,13-14H2,2-5H3. The van der Waals surface area contributed by atoms with Crippen molar-refractivity contribution in [2.24, 2.45) is 0 Å². The first kappa shape index (κ1) is 22.2. The smallest absolute Gasteiger partial charge is 0.302 e. The Hall–Kier alpha value is -1.53. The van der Waals surface area contributed by atoms with E-state index in [4.69, 9.17) is 14.2 Å². The van der Waals surface area contributed by atoms with Gasteiger partial charge in [-0.25, -0.2) is 0 Å². The van der Waals surface area contributed by atoms with Gasteiger partial charge in [0.1, 0.15) is 11.7 Å². The number of carbonyl (C=O) groups excluding carboxylic acids is 1. The first-order valence-corrected chi connectivity index (χ1v) is 11.1. The Kier molecular flexibility index (Phi) is 6.94. The summed E-state index contributed by atoms with van der Waals surface area (Å²) in [5, 5.41) is 0. The van der Waals surface area contributed by atoms with E-state index in [1.807, 2.05) is 20.8 Å². The highest BCUT2D eigenvalue weighted by Gasteiger charge is 2.39. The van der Waals surface area contributed by atoms with Crippen molar-refractivity contribution < 1.29 is 19.0 Å². The van der Waals surface area contributed by atoms with Crippen molar-refractivity contribution in [3.05, 3.63) is 46.3 Å². The summed E-state index contributed by atoms with van der Waals surface area (Å²) < 4.78 is 18.3. The van der Waals surface area contributed by atoms with E-state index in [0.29, 0.717) is 18.3 Å². The van der Waals surface area contributed by atoms with Crippen molar-refractivity contribution in [3.8, 4) is 0 Å². The number of halogens is 1. The zero-order chi connectivity index (χ0) is 21.2. The van der Waals surface area contributed by atoms with Crippen LogP contribution in [0.3, 0.4) is 0 Å². The van der Waals surface area contributed by atoms with E-state index in [1.165, 1.54) is 18.1 Å². The van der Waals surface area contributed by atoms with Gasteiger partial charge in [0, 0.05) is 31.0 Å². The van der Waals surface area contributed by atoms with Crippen molar-refractivity contribution in [3.63, 3.8) is 0 Å². The average Bonchev–Trinajstić information content (AvgIpc) is 3.04. The van der Waals surface area contributed by atoms with E-state index in [2.05, 4.69) is 45.6 Å². The SMILES string of the molecule is C=C(OC(C)(C)C)N1CC(OC(C)=O)CC1c1cc(Br)ccc1C1CCOCC1. The van der Waals surface area contributed by atoms with Gasteiger partial charge in [-0.05, 0) is 69.4 Å². The van der Waals surface area contributed by atoms with Crippen LogP contribution < -0.4 is 0 Å². The number of ether oxygens (including phenoxy) is 3. The predicted octanol–water partition coefficient (Wildman–Crippen LogP) is 5.31. The van der Waals surface area contributed by atoms with Crippen molar-refractivity contribution >= 4 is 21.9 Å². The van der Waals surface area contributed by atoms with Crippen LogP contribution >= 0.6 is 15.9 Å². The van der Waals surface area contributed by atoms with E-state index in [9.17, 15) is 4.79 Å². The molecule has 0 N–H and O–H groups in total. The monoisotopic (exact) mass is 465 g/mol. The molecule has 2 heterocycles. The summed E-state index contributed by atoms with van der Waals surface area (Å²) in [5.41, 5.74) is 2.25. The van der Waals surface area contributed by atoms with Gasteiger partial charge < -0.3 is 19.1 Å². The van der Waals surface area contributed by atoms with Crippen LogP contribution in [-0.2, 0) is 19.0 Å². The summed E-state index contributed by atoms with van der Waals surface area (Å²) in [6.45, 7) is 13.9. The predicted molar refractivity (Wildman–Crippen MR) is 117 cm³/mol. The van der Waals surface area contributed by atoms with E-state index in [0.717, 1.165) is 36.9 Å². The molecule has 2 fully saturated rings. The molecule has 6 heteroatoms. The van der Waals surface area contributed by atoms with Crippen molar-refractivity contribution in [1.82, 2.24) is 4.90 Å². The van der Waals surface area contributed by atoms with E-state index >= 15 is 0 Å². The lowest BCUT2D eigenvalue weighted by atomic mass is 9.85. The fraction of sp³-hybridized carbons (Fsp3) is 0.609. The molecule has 160 valence electrons. The summed E-state index contributed by atoms with van der Waals surface area (Å²) in [7, 11) is 0. The lowest BCUT2D eigenvalue weighted by Gasteiger charge is -2.34. The molecule has 2 aliphatic heterocycles. The van der Waals surface area contributed by atoms with E-state index < -0.39 is 0 Å². The number of hydrogen-bond acceptors (Lipinski definition) is 5. The van der Waals surface area contributed by atoms with Crippen molar-refractivity contribution in [2.75, 3.05) is 19.8 Å². The molecule has 29 heavy (non-hydrogen) atoms. The van der Waals surface area contributed by atoms with Crippen LogP contribution in [0.15, 0.2) is 35.1 Å². The van der Waals surface area contributed by atoms with Gasteiger partial charge in [0.15, 0.2) is 5.88 Å². The fourth-order valence-corrected chi connectivity index (χ4v) is 4.69. The van der Waals surface area contributed by atoms with Crippen molar-refractivity contribution in [2.45, 2.75) is 70.6 Å².